The van der Waals surface area contributed by atoms with Crippen molar-refractivity contribution in [3.8, 4) is 0 Å². The third-order valence-electron chi connectivity index (χ3n) is 3.45. The average molecular weight is 491 g/mol. The summed E-state index contributed by atoms with van der Waals surface area (Å²) in [6, 6.07) is 13.3. The van der Waals surface area contributed by atoms with Gasteiger partial charge in [0.2, 0.25) is 5.91 Å². The molecule has 2 N–H and O–H groups in total. The van der Waals surface area contributed by atoms with Crippen LogP contribution in [0.1, 0.15) is 5.56 Å². The van der Waals surface area contributed by atoms with E-state index in [1.165, 1.54) is 18.2 Å². The van der Waals surface area contributed by atoms with Crippen LogP contribution in [-0.2, 0) is 11.3 Å². The summed E-state index contributed by atoms with van der Waals surface area (Å²) in [7, 11) is 3.49. The van der Waals surface area contributed by atoms with Crippen molar-refractivity contribution in [1.29, 1.82) is 0 Å². The zero-order valence-corrected chi connectivity index (χ0v) is 17.6. The van der Waals surface area contributed by atoms with Crippen LogP contribution in [0.25, 0.3) is 0 Å². The number of amides is 1. The lowest BCUT2D eigenvalue weighted by Gasteiger charge is -2.22. The summed E-state index contributed by atoms with van der Waals surface area (Å²) in [5, 5.41) is 6.27. The number of aliphatic imine (C=N–C) groups is 1. The average Bonchev–Trinajstić information content (AvgIpc) is 2.57. The Hall–Kier alpha value is -1.87. The van der Waals surface area contributed by atoms with E-state index in [-0.39, 0.29) is 36.4 Å². The molecule has 0 fully saturated rings. The zero-order valence-electron chi connectivity index (χ0n) is 14.5. The molecule has 26 heavy (non-hydrogen) atoms. The number of hydrogen-bond donors (Lipinski definition) is 2. The molecule has 1 amide bonds. The first kappa shape index (κ1) is 22.2. The van der Waals surface area contributed by atoms with Crippen molar-refractivity contribution in [2.45, 2.75) is 6.54 Å². The van der Waals surface area contributed by atoms with Gasteiger partial charge in [0.05, 0.1) is 6.54 Å². The second-order valence-corrected chi connectivity index (χ2v) is 5.81. The molecule has 0 saturated carbocycles. The summed E-state index contributed by atoms with van der Waals surface area (Å²) in [6.07, 6.45) is 0. The predicted octanol–water partition coefficient (Wildman–Crippen LogP) is 3.74. The van der Waals surface area contributed by atoms with Crippen molar-refractivity contribution >= 4 is 53.1 Å². The minimum absolute atomic E-state index is 0. The number of nitrogens with one attached hydrogen (secondary N) is 2. The molecule has 8 heteroatoms. The minimum atomic E-state index is -0.402. The summed E-state index contributed by atoms with van der Waals surface area (Å²) in [5.41, 5.74) is 1.37. The molecule has 0 bridgehead atoms. The first-order chi connectivity index (χ1) is 12.0. The smallest absolute Gasteiger partial charge is 0.243 e. The molecule has 0 spiro atoms. The maximum atomic E-state index is 13.1. The van der Waals surface area contributed by atoms with Crippen LogP contribution in [0.5, 0.6) is 0 Å². The Balaban J connectivity index is 0.00000338. The molecule has 2 rings (SSSR count). The first-order valence-electron chi connectivity index (χ1n) is 7.70. The van der Waals surface area contributed by atoms with E-state index in [1.54, 1.807) is 13.1 Å². The van der Waals surface area contributed by atoms with Gasteiger partial charge in [-0.25, -0.2) is 4.39 Å². The molecule has 0 aliphatic carbocycles. The summed E-state index contributed by atoms with van der Waals surface area (Å²) in [4.78, 5) is 18.0. The van der Waals surface area contributed by atoms with Gasteiger partial charge in [0.15, 0.2) is 5.96 Å². The Morgan fingerprint density at radius 1 is 1.23 bits per heavy atom. The zero-order chi connectivity index (χ0) is 18.2. The van der Waals surface area contributed by atoms with Crippen LogP contribution in [0.2, 0.25) is 5.02 Å². The lowest BCUT2D eigenvalue weighted by Crippen LogP contribution is -2.42. The number of halogens is 3. The van der Waals surface area contributed by atoms with Gasteiger partial charge >= 0.3 is 0 Å². The fraction of sp³-hybridized carbons (Fsp3) is 0.222. The first-order valence-corrected chi connectivity index (χ1v) is 8.08. The number of anilines is 1. The maximum absolute atomic E-state index is 13.1. The molecule has 0 heterocycles. The number of carbonyl (C=O) groups excluding carboxylic acids is 1. The highest BCUT2D eigenvalue weighted by atomic mass is 127. The van der Waals surface area contributed by atoms with E-state index in [4.69, 9.17) is 11.6 Å². The third kappa shape index (κ3) is 6.80. The van der Waals surface area contributed by atoms with E-state index in [0.29, 0.717) is 23.2 Å². The van der Waals surface area contributed by atoms with E-state index in [0.717, 1.165) is 5.56 Å². The van der Waals surface area contributed by atoms with Crippen molar-refractivity contribution in [2.75, 3.05) is 26.0 Å². The Kier molecular flexibility index (Phi) is 9.36. The second kappa shape index (κ2) is 11.0. The predicted molar refractivity (Wildman–Crippen MR) is 115 cm³/mol. The van der Waals surface area contributed by atoms with Crippen LogP contribution >= 0.6 is 35.6 Å². The second-order valence-electron chi connectivity index (χ2n) is 5.41. The highest BCUT2D eigenvalue weighted by molar-refractivity contribution is 14.0. The van der Waals surface area contributed by atoms with Crippen molar-refractivity contribution in [3.05, 3.63) is 64.9 Å². The molecule has 0 saturated heterocycles. The van der Waals surface area contributed by atoms with Gasteiger partial charge in [0, 0.05) is 31.4 Å². The molecule has 2 aromatic rings. The number of benzene rings is 2. The third-order valence-corrected chi connectivity index (χ3v) is 3.82. The topological polar surface area (TPSA) is 56.7 Å². The summed E-state index contributed by atoms with van der Waals surface area (Å²) in [5.74, 6) is -0.145. The Bertz CT molecular complexity index is 772. The van der Waals surface area contributed by atoms with E-state index in [2.05, 4.69) is 15.6 Å². The van der Waals surface area contributed by atoms with Gasteiger partial charge in [-0.3, -0.25) is 9.79 Å². The number of guanidine groups is 1. The standard InChI is InChI=1S/C18H20ClFN4O.HI/c1-21-18(24(2)12-13-6-3-4-9-16(13)19)22-11-17(25)23-15-8-5-7-14(20)10-15;/h3-10H,11-12H2,1-2H3,(H,21,22)(H,23,25);1H. The van der Waals surface area contributed by atoms with Crippen molar-refractivity contribution in [2.24, 2.45) is 4.99 Å². The van der Waals surface area contributed by atoms with Gasteiger partial charge in [0.25, 0.3) is 0 Å². The Morgan fingerprint density at radius 2 is 1.96 bits per heavy atom. The SMILES string of the molecule is CN=C(NCC(=O)Nc1cccc(F)c1)N(C)Cc1ccccc1Cl.I. The van der Waals surface area contributed by atoms with Crippen molar-refractivity contribution in [1.82, 2.24) is 10.2 Å². The van der Waals surface area contributed by atoms with Gasteiger partial charge < -0.3 is 15.5 Å². The Labute approximate surface area is 174 Å². The molecule has 0 aromatic heterocycles. The van der Waals surface area contributed by atoms with Gasteiger partial charge in [-0.05, 0) is 29.8 Å². The summed E-state index contributed by atoms with van der Waals surface area (Å²) < 4.78 is 13.1. The quantitative estimate of drug-likeness (QED) is 0.381. The molecule has 5 nitrogen and oxygen atoms in total. The van der Waals surface area contributed by atoms with Gasteiger partial charge in [-0.1, -0.05) is 35.9 Å². The van der Waals surface area contributed by atoms with Crippen LogP contribution in [0, 0.1) is 5.82 Å². The van der Waals surface area contributed by atoms with E-state index < -0.39 is 5.82 Å². The molecule has 2 aromatic carbocycles. The number of hydrogen-bond acceptors (Lipinski definition) is 2. The van der Waals surface area contributed by atoms with E-state index in [9.17, 15) is 9.18 Å². The van der Waals surface area contributed by atoms with Crippen LogP contribution in [-0.4, -0.2) is 37.4 Å². The Morgan fingerprint density at radius 3 is 2.62 bits per heavy atom. The van der Waals surface area contributed by atoms with Crippen LogP contribution in [0.4, 0.5) is 10.1 Å². The highest BCUT2D eigenvalue weighted by Gasteiger charge is 2.10. The van der Waals surface area contributed by atoms with Crippen molar-refractivity contribution < 1.29 is 9.18 Å². The van der Waals surface area contributed by atoms with Crippen LogP contribution < -0.4 is 10.6 Å². The van der Waals surface area contributed by atoms with E-state index in [1.807, 2.05) is 36.2 Å². The fourth-order valence-electron chi connectivity index (χ4n) is 2.27. The largest absolute Gasteiger partial charge is 0.347 e. The monoisotopic (exact) mass is 490 g/mol. The molecule has 0 aliphatic rings. The van der Waals surface area contributed by atoms with E-state index >= 15 is 0 Å². The maximum Gasteiger partial charge on any atom is 0.243 e. The number of carbonyl (C=O) groups is 1. The van der Waals surface area contributed by atoms with Crippen molar-refractivity contribution in [3.63, 3.8) is 0 Å². The van der Waals surface area contributed by atoms with Crippen LogP contribution in [0.15, 0.2) is 53.5 Å². The fourth-order valence-corrected chi connectivity index (χ4v) is 2.47. The van der Waals surface area contributed by atoms with Gasteiger partial charge in [0.1, 0.15) is 5.82 Å². The lowest BCUT2D eigenvalue weighted by atomic mass is 10.2. The molecule has 0 radical (unpaired) electrons. The molecular formula is C18H21ClFIN4O. The number of nitrogens with zero attached hydrogens (tertiary/aromatic N) is 2. The van der Waals surface area contributed by atoms with Gasteiger partial charge in [-0.2, -0.15) is 0 Å². The molecule has 140 valence electrons. The summed E-state index contributed by atoms with van der Waals surface area (Å²) in [6.45, 7) is 0.556. The molecule has 0 unspecified atom stereocenters. The van der Waals surface area contributed by atoms with Crippen LogP contribution in [0.3, 0.4) is 0 Å². The molecular weight excluding hydrogens is 470 g/mol. The molecule has 0 atom stereocenters. The highest BCUT2D eigenvalue weighted by Crippen LogP contribution is 2.16. The summed E-state index contributed by atoms with van der Waals surface area (Å²) >= 11 is 6.17. The lowest BCUT2D eigenvalue weighted by molar-refractivity contribution is -0.115. The minimum Gasteiger partial charge on any atom is -0.347 e. The number of rotatable bonds is 5. The molecule has 0 aliphatic heterocycles. The normalized spacial score (nSPS) is 10.7. The van der Waals surface area contributed by atoms with Gasteiger partial charge in [-0.15, -0.1) is 24.0 Å².